The number of aliphatic hydroxyl groups excluding tert-OH is 1. The highest BCUT2D eigenvalue weighted by atomic mass is 19.1. The summed E-state index contributed by atoms with van der Waals surface area (Å²) in [5, 5.41) is 12.1. The summed E-state index contributed by atoms with van der Waals surface area (Å²) in [4.78, 5) is 0. The lowest BCUT2D eigenvalue weighted by Gasteiger charge is -2.29. The molecule has 0 bridgehead atoms. The second kappa shape index (κ2) is 3.30. The quantitative estimate of drug-likeness (QED) is 0.564. The predicted molar refractivity (Wildman–Crippen MR) is 37.6 cm³/mol. The van der Waals surface area contributed by atoms with Crippen LogP contribution < -0.4 is 5.32 Å². The SMILES string of the molecule is CN[C@@H]1CCC[C@@H](F)[C@@H]1O. The van der Waals surface area contributed by atoms with Crippen LogP contribution in [0.4, 0.5) is 4.39 Å². The highest BCUT2D eigenvalue weighted by Gasteiger charge is 2.30. The molecule has 0 saturated heterocycles. The number of hydrogen-bond donors (Lipinski definition) is 2. The number of alkyl halides is 1. The number of nitrogens with one attached hydrogen (secondary N) is 1. The highest BCUT2D eigenvalue weighted by molar-refractivity contribution is 4.85. The maximum absolute atomic E-state index is 12.7. The predicted octanol–water partition coefficient (Wildman–Crippen LogP) is 0.457. The van der Waals surface area contributed by atoms with Gasteiger partial charge in [-0.2, -0.15) is 0 Å². The smallest absolute Gasteiger partial charge is 0.127 e. The van der Waals surface area contributed by atoms with Crippen LogP contribution in [0, 0.1) is 0 Å². The van der Waals surface area contributed by atoms with Gasteiger partial charge in [0.2, 0.25) is 0 Å². The van der Waals surface area contributed by atoms with Crippen molar-refractivity contribution in [1.82, 2.24) is 5.32 Å². The average Bonchev–Trinajstić information content (AvgIpc) is 1.95. The van der Waals surface area contributed by atoms with Gasteiger partial charge in [0.25, 0.3) is 0 Å². The van der Waals surface area contributed by atoms with Crippen LogP contribution in [0.2, 0.25) is 0 Å². The van der Waals surface area contributed by atoms with Crippen LogP contribution in [0.25, 0.3) is 0 Å². The van der Waals surface area contributed by atoms with Crippen molar-refractivity contribution in [2.24, 2.45) is 0 Å². The van der Waals surface area contributed by atoms with Gasteiger partial charge in [-0.15, -0.1) is 0 Å². The Morgan fingerprint density at radius 3 is 2.70 bits per heavy atom. The first kappa shape index (κ1) is 7.95. The Kier molecular flexibility index (Phi) is 2.63. The number of likely N-dealkylation sites (N-methyl/N-ethyl adjacent to an activating group) is 1. The summed E-state index contributed by atoms with van der Waals surface area (Å²) in [7, 11) is 1.76. The third-order valence-corrected chi connectivity index (χ3v) is 2.15. The Morgan fingerprint density at radius 2 is 2.20 bits per heavy atom. The van der Waals surface area contributed by atoms with Crippen LogP contribution in [0.5, 0.6) is 0 Å². The van der Waals surface area contributed by atoms with Gasteiger partial charge < -0.3 is 10.4 Å². The first-order valence-electron chi connectivity index (χ1n) is 3.75. The van der Waals surface area contributed by atoms with Crippen LogP contribution in [0.1, 0.15) is 19.3 Å². The molecule has 1 saturated carbocycles. The van der Waals surface area contributed by atoms with Gasteiger partial charge in [0.1, 0.15) is 12.3 Å². The molecule has 10 heavy (non-hydrogen) atoms. The standard InChI is InChI=1S/C7H14FNO/c1-9-6-4-2-3-5(8)7(6)10/h5-7,9-10H,2-4H2,1H3/t5-,6-,7+/m1/s1. The molecule has 3 heteroatoms. The molecule has 0 spiro atoms. The van der Waals surface area contributed by atoms with Gasteiger partial charge >= 0.3 is 0 Å². The van der Waals surface area contributed by atoms with Crippen molar-refractivity contribution in [3.05, 3.63) is 0 Å². The molecule has 2 N–H and O–H groups in total. The van der Waals surface area contributed by atoms with E-state index in [4.69, 9.17) is 0 Å². The molecule has 2 nitrogen and oxygen atoms in total. The van der Waals surface area contributed by atoms with Gasteiger partial charge in [0.05, 0.1) is 0 Å². The van der Waals surface area contributed by atoms with Crippen LogP contribution in [-0.4, -0.2) is 30.5 Å². The van der Waals surface area contributed by atoms with Crippen molar-refractivity contribution in [2.75, 3.05) is 7.05 Å². The highest BCUT2D eigenvalue weighted by Crippen LogP contribution is 2.21. The molecule has 1 rings (SSSR count). The van der Waals surface area contributed by atoms with Gasteiger partial charge in [-0.1, -0.05) is 0 Å². The Morgan fingerprint density at radius 1 is 1.50 bits per heavy atom. The molecule has 0 unspecified atom stereocenters. The molecule has 1 aliphatic rings. The van der Waals surface area contributed by atoms with E-state index in [0.29, 0.717) is 6.42 Å². The van der Waals surface area contributed by atoms with E-state index in [9.17, 15) is 9.50 Å². The van der Waals surface area contributed by atoms with Gasteiger partial charge in [0, 0.05) is 6.04 Å². The largest absolute Gasteiger partial charge is 0.388 e. The molecule has 0 aromatic rings. The van der Waals surface area contributed by atoms with Crippen LogP contribution in [-0.2, 0) is 0 Å². The summed E-state index contributed by atoms with van der Waals surface area (Å²) in [5.74, 6) is 0. The van der Waals surface area contributed by atoms with E-state index >= 15 is 0 Å². The molecule has 1 fully saturated rings. The van der Waals surface area contributed by atoms with E-state index in [1.807, 2.05) is 0 Å². The second-order valence-electron chi connectivity index (χ2n) is 2.83. The van der Waals surface area contributed by atoms with E-state index in [-0.39, 0.29) is 6.04 Å². The first-order chi connectivity index (χ1) is 4.75. The lowest BCUT2D eigenvalue weighted by molar-refractivity contribution is 0.0190. The van der Waals surface area contributed by atoms with Crippen LogP contribution in [0.15, 0.2) is 0 Å². The second-order valence-corrected chi connectivity index (χ2v) is 2.83. The van der Waals surface area contributed by atoms with Gasteiger partial charge in [0.15, 0.2) is 0 Å². The Bertz CT molecular complexity index is 110. The minimum absolute atomic E-state index is 0.0382. The van der Waals surface area contributed by atoms with Crippen LogP contribution in [0.3, 0.4) is 0 Å². The normalized spacial score (nSPS) is 41.7. The molecular formula is C7H14FNO. The summed E-state index contributed by atoms with van der Waals surface area (Å²) in [6.07, 6.45) is 0.464. The summed E-state index contributed by atoms with van der Waals surface area (Å²) >= 11 is 0. The Hall–Kier alpha value is -0.150. The fraction of sp³-hybridized carbons (Fsp3) is 1.00. The molecule has 0 aromatic carbocycles. The minimum Gasteiger partial charge on any atom is -0.388 e. The zero-order chi connectivity index (χ0) is 7.56. The lowest BCUT2D eigenvalue weighted by atomic mass is 9.91. The maximum Gasteiger partial charge on any atom is 0.127 e. The molecule has 0 aromatic heterocycles. The van der Waals surface area contributed by atoms with Crippen LogP contribution >= 0.6 is 0 Å². The maximum atomic E-state index is 12.7. The average molecular weight is 147 g/mol. The summed E-state index contributed by atoms with van der Waals surface area (Å²) < 4.78 is 12.7. The molecule has 60 valence electrons. The summed E-state index contributed by atoms with van der Waals surface area (Å²) in [5.41, 5.74) is 0. The molecule has 0 amide bonds. The number of halogens is 1. The van der Waals surface area contributed by atoms with Crippen molar-refractivity contribution in [1.29, 1.82) is 0 Å². The first-order valence-corrected chi connectivity index (χ1v) is 3.75. The van der Waals surface area contributed by atoms with E-state index < -0.39 is 12.3 Å². The molecule has 1 aliphatic carbocycles. The van der Waals surface area contributed by atoms with Gasteiger partial charge in [-0.3, -0.25) is 0 Å². The Labute approximate surface area is 60.4 Å². The van der Waals surface area contributed by atoms with Crippen molar-refractivity contribution in [3.63, 3.8) is 0 Å². The van der Waals surface area contributed by atoms with Crippen molar-refractivity contribution in [3.8, 4) is 0 Å². The lowest BCUT2D eigenvalue weighted by Crippen LogP contribution is -2.46. The van der Waals surface area contributed by atoms with Crippen molar-refractivity contribution >= 4 is 0 Å². The zero-order valence-electron chi connectivity index (χ0n) is 6.18. The van der Waals surface area contributed by atoms with E-state index in [1.165, 1.54) is 0 Å². The van der Waals surface area contributed by atoms with Crippen molar-refractivity contribution < 1.29 is 9.50 Å². The Balaban J connectivity index is 2.42. The molecule has 0 heterocycles. The third-order valence-electron chi connectivity index (χ3n) is 2.15. The topological polar surface area (TPSA) is 32.3 Å². The number of aliphatic hydroxyl groups is 1. The molecular weight excluding hydrogens is 133 g/mol. The number of rotatable bonds is 1. The fourth-order valence-electron chi connectivity index (χ4n) is 1.44. The van der Waals surface area contributed by atoms with E-state index in [1.54, 1.807) is 7.05 Å². The zero-order valence-corrected chi connectivity index (χ0v) is 6.18. The third kappa shape index (κ3) is 1.47. The summed E-state index contributed by atoms with van der Waals surface area (Å²) in [6, 6.07) is -0.0382. The van der Waals surface area contributed by atoms with E-state index in [0.717, 1.165) is 12.8 Å². The minimum atomic E-state index is -1.02. The van der Waals surface area contributed by atoms with E-state index in [2.05, 4.69) is 5.32 Å². The molecule has 0 radical (unpaired) electrons. The molecule has 0 aliphatic heterocycles. The fourth-order valence-corrected chi connectivity index (χ4v) is 1.44. The molecule has 3 atom stereocenters. The van der Waals surface area contributed by atoms with Crippen molar-refractivity contribution in [2.45, 2.75) is 37.6 Å². The van der Waals surface area contributed by atoms with Gasteiger partial charge in [-0.05, 0) is 26.3 Å². The van der Waals surface area contributed by atoms with Gasteiger partial charge in [-0.25, -0.2) is 4.39 Å². The summed E-state index contributed by atoms with van der Waals surface area (Å²) in [6.45, 7) is 0. The number of hydrogen-bond acceptors (Lipinski definition) is 2. The monoisotopic (exact) mass is 147 g/mol.